The predicted octanol–water partition coefficient (Wildman–Crippen LogP) is 5.50. The average molecular weight is 286 g/mol. The molecule has 2 heterocycles. The van der Waals surface area contributed by atoms with Gasteiger partial charge in [0.25, 0.3) is 0 Å². The quantitative estimate of drug-likeness (QED) is 0.681. The molecule has 0 N–H and O–H groups in total. The number of esters is 1. The zero-order valence-electron chi connectivity index (χ0n) is 12.0. The minimum atomic E-state index is -0.210. The van der Waals surface area contributed by atoms with Gasteiger partial charge in [-0.2, -0.15) is 0 Å². The van der Waals surface area contributed by atoms with Gasteiger partial charge in [-0.3, -0.25) is 0 Å². The van der Waals surface area contributed by atoms with E-state index in [2.05, 4.69) is 13.0 Å². The monoisotopic (exact) mass is 286 g/mol. The molecule has 0 aliphatic heterocycles. The third-order valence-electron chi connectivity index (χ3n) is 1.81. The van der Waals surface area contributed by atoms with E-state index in [1.54, 1.807) is 11.3 Å². The Bertz CT molecular complexity index is 438. The molecule has 0 spiro atoms. The second-order valence-electron chi connectivity index (χ2n) is 2.92. The number of aryl methyl sites for hydroxylation is 1. The van der Waals surface area contributed by atoms with E-state index in [0.29, 0.717) is 11.5 Å². The third-order valence-corrected chi connectivity index (χ3v) is 4.00. The molecule has 0 bridgehead atoms. The van der Waals surface area contributed by atoms with Crippen molar-refractivity contribution in [3.63, 3.8) is 0 Å². The van der Waals surface area contributed by atoms with Gasteiger partial charge in [0.1, 0.15) is 4.88 Å². The fourth-order valence-electron chi connectivity index (χ4n) is 1.26. The summed E-state index contributed by atoms with van der Waals surface area (Å²) >= 11 is 3.21. The van der Waals surface area contributed by atoms with Crippen LogP contribution in [-0.4, -0.2) is 12.6 Å². The van der Waals surface area contributed by atoms with Gasteiger partial charge in [-0.25, -0.2) is 4.79 Å². The molecule has 0 saturated heterocycles. The zero-order chi connectivity index (χ0) is 14.1. The van der Waals surface area contributed by atoms with Gasteiger partial charge in [-0.1, -0.05) is 27.7 Å². The molecule has 0 aromatic carbocycles. The first kappa shape index (κ1) is 17.1. The summed E-state index contributed by atoms with van der Waals surface area (Å²) in [6, 6.07) is 4.02. The summed E-state index contributed by atoms with van der Waals surface area (Å²) in [5, 5.41) is 0. The number of hydrogen-bond acceptors (Lipinski definition) is 4. The Morgan fingerprint density at radius 2 is 1.67 bits per heavy atom. The van der Waals surface area contributed by atoms with Gasteiger partial charge in [0.2, 0.25) is 0 Å². The highest BCUT2D eigenvalue weighted by molar-refractivity contribution is 7.28. The van der Waals surface area contributed by atoms with E-state index in [4.69, 9.17) is 4.74 Å². The number of carbonyl (C=O) groups is 1. The maximum absolute atomic E-state index is 11.4. The second-order valence-corrected chi connectivity index (χ2v) is 5.29. The SMILES string of the molecule is CC.CC.CCOC(=O)c1cc2sc(C)cc2s1. The molecule has 4 heteroatoms. The largest absolute Gasteiger partial charge is 0.462 e. The van der Waals surface area contributed by atoms with Gasteiger partial charge < -0.3 is 4.74 Å². The van der Waals surface area contributed by atoms with Crippen LogP contribution in [0.2, 0.25) is 0 Å². The van der Waals surface area contributed by atoms with E-state index >= 15 is 0 Å². The van der Waals surface area contributed by atoms with Crippen LogP contribution in [0.3, 0.4) is 0 Å². The molecular weight excluding hydrogens is 264 g/mol. The smallest absolute Gasteiger partial charge is 0.348 e. The van der Waals surface area contributed by atoms with Crippen molar-refractivity contribution in [2.45, 2.75) is 41.5 Å². The molecule has 0 radical (unpaired) electrons. The average Bonchev–Trinajstić information content (AvgIpc) is 2.91. The lowest BCUT2D eigenvalue weighted by molar-refractivity contribution is 0.0532. The van der Waals surface area contributed by atoms with Crippen molar-refractivity contribution < 1.29 is 9.53 Å². The molecule has 18 heavy (non-hydrogen) atoms. The normalized spacial score (nSPS) is 9.00. The fourth-order valence-corrected chi connectivity index (χ4v) is 3.47. The van der Waals surface area contributed by atoms with Crippen molar-refractivity contribution in [1.29, 1.82) is 0 Å². The summed E-state index contributed by atoms with van der Waals surface area (Å²) in [6.45, 7) is 12.3. The lowest BCUT2D eigenvalue weighted by Crippen LogP contribution is -2.01. The first-order valence-corrected chi connectivity index (χ1v) is 8.01. The topological polar surface area (TPSA) is 26.3 Å². The Morgan fingerprint density at radius 3 is 2.17 bits per heavy atom. The minimum Gasteiger partial charge on any atom is -0.462 e. The first-order chi connectivity index (χ1) is 8.70. The van der Waals surface area contributed by atoms with Gasteiger partial charge in [-0.05, 0) is 26.0 Å². The van der Waals surface area contributed by atoms with Crippen LogP contribution >= 0.6 is 22.7 Å². The Kier molecular flexibility index (Phi) is 8.67. The van der Waals surface area contributed by atoms with Gasteiger partial charge >= 0.3 is 5.97 Å². The number of rotatable bonds is 2. The van der Waals surface area contributed by atoms with E-state index in [9.17, 15) is 4.79 Å². The molecule has 0 fully saturated rings. The van der Waals surface area contributed by atoms with Crippen LogP contribution in [0, 0.1) is 6.92 Å². The molecule has 0 amide bonds. The van der Waals surface area contributed by atoms with E-state index in [1.165, 1.54) is 25.6 Å². The van der Waals surface area contributed by atoms with Crippen LogP contribution < -0.4 is 0 Å². The highest BCUT2D eigenvalue weighted by Crippen LogP contribution is 2.32. The van der Waals surface area contributed by atoms with Crippen molar-refractivity contribution in [1.82, 2.24) is 0 Å². The molecular formula is C14H22O2S2. The molecule has 2 aromatic heterocycles. The van der Waals surface area contributed by atoms with Gasteiger partial charge in [0.05, 0.1) is 6.61 Å². The number of carbonyl (C=O) groups excluding carboxylic acids is 1. The molecule has 102 valence electrons. The number of ether oxygens (including phenoxy) is 1. The molecule has 0 aliphatic rings. The zero-order valence-corrected chi connectivity index (χ0v) is 13.6. The van der Waals surface area contributed by atoms with Crippen LogP contribution in [0.1, 0.15) is 49.2 Å². The summed E-state index contributed by atoms with van der Waals surface area (Å²) < 4.78 is 7.29. The third kappa shape index (κ3) is 4.42. The summed E-state index contributed by atoms with van der Waals surface area (Å²) in [6.07, 6.45) is 0. The Morgan fingerprint density at radius 1 is 1.11 bits per heavy atom. The van der Waals surface area contributed by atoms with Gasteiger partial charge in [0.15, 0.2) is 0 Å². The molecule has 2 rings (SSSR count). The number of hydrogen-bond donors (Lipinski definition) is 0. The van der Waals surface area contributed by atoms with Crippen LogP contribution in [-0.2, 0) is 4.74 Å². The second kappa shape index (κ2) is 9.11. The maximum Gasteiger partial charge on any atom is 0.348 e. The van der Waals surface area contributed by atoms with Crippen molar-refractivity contribution >= 4 is 38.0 Å². The minimum absolute atomic E-state index is 0.210. The molecule has 0 aliphatic carbocycles. The fraction of sp³-hybridized carbons (Fsp3) is 0.500. The molecule has 2 aromatic rings. The number of fused-ring (bicyclic) bond motifs is 1. The van der Waals surface area contributed by atoms with Crippen molar-refractivity contribution in [2.24, 2.45) is 0 Å². The van der Waals surface area contributed by atoms with Gasteiger partial charge in [0, 0.05) is 14.3 Å². The Balaban J connectivity index is 0.000000659. The van der Waals surface area contributed by atoms with Crippen LogP contribution in [0.5, 0.6) is 0 Å². The lowest BCUT2D eigenvalue weighted by atomic mass is 10.4. The summed E-state index contributed by atoms with van der Waals surface area (Å²) in [5.74, 6) is -0.210. The predicted molar refractivity (Wildman–Crippen MR) is 83.1 cm³/mol. The van der Waals surface area contributed by atoms with Gasteiger partial charge in [-0.15, -0.1) is 22.7 Å². The number of thiophene rings is 2. The summed E-state index contributed by atoms with van der Waals surface area (Å²) in [4.78, 5) is 13.4. The summed E-state index contributed by atoms with van der Waals surface area (Å²) in [5.41, 5.74) is 0. The van der Waals surface area contributed by atoms with Crippen LogP contribution in [0.25, 0.3) is 9.40 Å². The van der Waals surface area contributed by atoms with E-state index in [0.717, 1.165) is 0 Å². The highest BCUT2D eigenvalue weighted by atomic mass is 32.1. The highest BCUT2D eigenvalue weighted by Gasteiger charge is 2.12. The first-order valence-electron chi connectivity index (χ1n) is 6.38. The summed E-state index contributed by atoms with van der Waals surface area (Å²) in [7, 11) is 0. The van der Waals surface area contributed by atoms with Crippen molar-refractivity contribution in [3.8, 4) is 0 Å². The Hall–Kier alpha value is -0.870. The van der Waals surface area contributed by atoms with Crippen molar-refractivity contribution in [2.75, 3.05) is 6.61 Å². The molecule has 0 saturated carbocycles. The van der Waals surface area contributed by atoms with E-state index in [-0.39, 0.29) is 5.97 Å². The van der Waals surface area contributed by atoms with E-state index < -0.39 is 0 Å². The molecule has 0 unspecified atom stereocenters. The van der Waals surface area contributed by atoms with E-state index in [1.807, 2.05) is 40.7 Å². The maximum atomic E-state index is 11.4. The van der Waals surface area contributed by atoms with Crippen molar-refractivity contribution in [3.05, 3.63) is 21.9 Å². The molecule has 2 nitrogen and oxygen atoms in total. The van der Waals surface area contributed by atoms with Crippen LogP contribution in [0.4, 0.5) is 0 Å². The Labute approximate surface area is 118 Å². The molecule has 0 atom stereocenters. The lowest BCUT2D eigenvalue weighted by Gasteiger charge is -1.96. The van der Waals surface area contributed by atoms with Crippen LogP contribution in [0.15, 0.2) is 12.1 Å². The standard InChI is InChI=1S/C10H10O2S2.2C2H6/c1-3-12-10(11)9-5-8-7(14-9)4-6(2)13-8;2*1-2/h4-5H,3H2,1-2H3;2*1-2H3.